The van der Waals surface area contributed by atoms with E-state index in [0.29, 0.717) is 12.3 Å². The van der Waals surface area contributed by atoms with Crippen molar-refractivity contribution >= 4 is 11.6 Å². The number of hydrogen-bond acceptors (Lipinski definition) is 6. The highest BCUT2D eigenvalue weighted by atomic mass is 19.4. The normalized spacial score (nSPS) is 18.5. The Labute approximate surface area is 247 Å². The number of aryl methyl sites for hydroxylation is 2. The first-order chi connectivity index (χ1) is 20.2. The van der Waals surface area contributed by atoms with Crippen molar-refractivity contribution in [2.45, 2.75) is 71.4 Å². The molecule has 1 fully saturated rings. The van der Waals surface area contributed by atoms with Crippen LogP contribution in [-0.4, -0.2) is 46.4 Å². The van der Waals surface area contributed by atoms with Crippen LogP contribution in [0.5, 0.6) is 0 Å². The van der Waals surface area contributed by atoms with Gasteiger partial charge in [0.25, 0.3) is 5.95 Å². The zero-order chi connectivity index (χ0) is 31.1. The third-order valence-electron chi connectivity index (χ3n) is 8.80. The average Bonchev–Trinajstić information content (AvgIpc) is 3.29. The number of anilines is 2. The largest absolute Gasteiger partial charge is 0.416 e. The molecular weight excluding hydrogens is 572 g/mol. The van der Waals surface area contributed by atoms with Crippen molar-refractivity contribution in [3.05, 3.63) is 63.2 Å². The maximum Gasteiger partial charge on any atom is 0.416 e. The summed E-state index contributed by atoms with van der Waals surface area (Å²) in [6.45, 7) is 9.56. The molecule has 1 atom stereocenters. The van der Waals surface area contributed by atoms with Crippen LogP contribution in [0.1, 0.15) is 70.7 Å². The second-order valence-corrected chi connectivity index (χ2v) is 11.8. The molecule has 13 heteroatoms. The Bertz CT molecular complexity index is 1410. The predicted molar refractivity (Wildman–Crippen MR) is 152 cm³/mol. The van der Waals surface area contributed by atoms with Gasteiger partial charge < -0.3 is 15.1 Å². The quantitative estimate of drug-likeness (QED) is 0.321. The SMILES string of the molecule is Cc1cc2c(c(C)c1C)N(CC1CCNCC1)CCC[C@@H]2N(Cc1cc(C(F)(F)F)cc(C(F)(F)F)c1)c1nnn(C)n1. The predicted octanol–water partition coefficient (Wildman–Crippen LogP) is 6.52. The summed E-state index contributed by atoms with van der Waals surface area (Å²) in [5.74, 6) is 0.669. The Kier molecular flexibility index (Phi) is 8.65. The van der Waals surface area contributed by atoms with Crippen molar-refractivity contribution in [2.24, 2.45) is 13.0 Å². The summed E-state index contributed by atoms with van der Waals surface area (Å²) in [6.07, 6.45) is -6.35. The molecule has 0 spiro atoms. The van der Waals surface area contributed by atoms with Crippen molar-refractivity contribution in [3.8, 4) is 0 Å². The molecule has 3 heterocycles. The summed E-state index contributed by atoms with van der Waals surface area (Å²) in [7, 11) is 1.57. The van der Waals surface area contributed by atoms with Crippen LogP contribution in [-0.2, 0) is 25.9 Å². The van der Waals surface area contributed by atoms with Gasteiger partial charge in [0.2, 0.25) is 0 Å². The van der Waals surface area contributed by atoms with E-state index in [4.69, 9.17) is 0 Å². The van der Waals surface area contributed by atoms with Crippen molar-refractivity contribution in [1.29, 1.82) is 0 Å². The molecule has 0 bridgehead atoms. The van der Waals surface area contributed by atoms with E-state index in [1.807, 2.05) is 6.92 Å². The minimum absolute atomic E-state index is 0.132. The van der Waals surface area contributed by atoms with Gasteiger partial charge in [-0.3, -0.25) is 0 Å². The fraction of sp³-hybridized carbons (Fsp3) is 0.567. The number of piperidine rings is 1. The molecule has 0 amide bonds. The van der Waals surface area contributed by atoms with Gasteiger partial charge in [0.15, 0.2) is 0 Å². The fourth-order valence-electron chi connectivity index (χ4n) is 6.42. The second kappa shape index (κ2) is 12.0. The summed E-state index contributed by atoms with van der Waals surface area (Å²) in [5, 5.41) is 15.9. The molecule has 1 saturated heterocycles. The Balaban J connectivity index is 1.62. The first-order valence-electron chi connectivity index (χ1n) is 14.6. The molecule has 0 radical (unpaired) electrons. The van der Waals surface area contributed by atoms with Crippen molar-refractivity contribution in [2.75, 3.05) is 36.0 Å². The molecule has 1 N–H and O–H groups in total. The van der Waals surface area contributed by atoms with E-state index in [9.17, 15) is 26.3 Å². The third-order valence-corrected chi connectivity index (χ3v) is 8.80. The molecule has 5 rings (SSSR count). The van der Waals surface area contributed by atoms with Gasteiger partial charge in [0.1, 0.15) is 0 Å². The van der Waals surface area contributed by atoms with Gasteiger partial charge in [-0.05, 0) is 117 Å². The van der Waals surface area contributed by atoms with E-state index in [-0.39, 0.29) is 24.1 Å². The molecule has 2 aliphatic heterocycles. The number of fused-ring (bicyclic) bond motifs is 1. The van der Waals surface area contributed by atoms with Crippen LogP contribution in [0.4, 0.5) is 38.0 Å². The molecule has 43 heavy (non-hydrogen) atoms. The highest BCUT2D eigenvalue weighted by molar-refractivity contribution is 5.66. The second-order valence-electron chi connectivity index (χ2n) is 11.8. The zero-order valence-electron chi connectivity index (χ0n) is 24.8. The van der Waals surface area contributed by atoms with E-state index >= 15 is 0 Å². The highest BCUT2D eigenvalue weighted by Crippen LogP contribution is 2.44. The lowest BCUT2D eigenvalue weighted by atomic mass is 9.91. The van der Waals surface area contributed by atoms with Gasteiger partial charge in [-0.25, -0.2) is 0 Å². The van der Waals surface area contributed by atoms with Crippen LogP contribution in [0.15, 0.2) is 24.3 Å². The standard InChI is InChI=1S/C30H37F6N7/c1-18-12-25-26(6-5-11-42(27(25)20(3)19(18)2)16-21-7-9-37-10-8-21)43(28-38-40-41(4)39-28)17-22-13-23(29(31,32)33)15-24(14-22)30(34,35)36/h12-15,21,26,37H,5-11,16-17H2,1-4H3/t26-/m0/s1. The number of rotatable bonds is 6. The molecule has 0 unspecified atom stereocenters. The van der Waals surface area contributed by atoms with Gasteiger partial charge in [-0.1, -0.05) is 11.2 Å². The van der Waals surface area contributed by atoms with Crippen LogP contribution in [0.25, 0.3) is 0 Å². The molecule has 7 nitrogen and oxygen atoms in total. The lowest BCUT2D eigenvalue weighted by molar-refractivity contribution is -0.143. The van der Waals surface area contributed by atoms with Crippen LogP contribution in [0.3, 0.4) is 0 Å². The minimum Gasteiger partial charge on any atom is -0.371 e. The number of aromatic nitrogens is 4. The first-order valence-corrected chi connectivity index (χ1v) is 14.6. The molecule has 0 aliphatic carbocycles. The van der Waals surface area contributed by atoms with E-state index in [1.165, 1.54) is 4.80 Å². The Morgan fingerprint density at radius 2 is 1.56 bits per heavy atom. The molecule has 0 saturated carbocycles. The summed E-state index contributed by atoms with van der Waals surface area (Å²) >= 11 is 0. The van der Waals surface area contributed by atoms with E-state index < -0.39 is 29.5 Å². The summed E-state index contributed by atoms with van der Waals surface area (Å²) < 4.78 is 82.4. The Morgan fingerprint density at radius 3 is 2.14 bits per heavy atom. The molecule has 2 aliphatic rings. The van der Waals surface area contributed by atoms with Crippen molar-refractivity contribution < 1.29 is 26.3 Å². The topological polar surface area (TPSA) is 62.1 Å². The molecule has 3 aromatic rings. The zero-order valence-corrected chi connectivity index (χ0v) is 24.8. The number of alkyl halides is 6. The Hall–Kier alpha value is -3.35. The molecule has 1 aromatic heterocycles. The minimum atomic E-state index is -4.94. The summed E-state index contributed by atoms with van der Waals surface area (Å²) in [4.78, 5) is 5.38. The number of nitrogens with one attached hydrogen (secondary N) is 1. The maximum atomic E-state index is 13.7. The smallest absolute Gasteiger partial charge is 0.371 e. The Morgan fingerprint density at radius 1 is 0.907 bits per heavy atom. The van der Waals surface area contributed by atoms with E-state index in [2.05, 4.69) is 45.5 Å². The van der Waals surface area contributed by atoms with Gasteiger partial charge in [-0.15, -0.1) is 5.10 Å². The highest BCUT2D eigenvalue weighted by Gasteiger charge is 2.38. The van der Waals surface area contributed by atoms with E-state index in [1.54, 1.807) is 11.9 Å². The lowest BCUT2D eigenvalue weighted by Crippen LogP contribution is -2.37. The fourth-order valence-corrected chi connectivity index (χ4v) is 6.42. The number of hydrogen-bond donors (Lipinski definition) is 1. The van der Waals surface area contributed by atoms with Crippen molar-refractivity contribution in [3.63, 3.8) is 0 Å². The summed E-state index contributed by atoms with van der Waals surface area (Å²) in [5.41, 5.74) is 2.58. The van der Waals surface area contributed by atoms with Crippen LogP contribution >= 0.6 is 0 Å². The average molecular weight is 610 g/mol. The monoisotopic (exact) mass is 609 g/mol. The van der Waals surface area contributed by atoms with Crippen molar-refractivity contribution in [1.82, 2.24) is 25.5 Å². The first kappa shape index (κ1) is 31.1. The molecular formula is C30H37F6N7. The summed E-state index contributed by atoms with van der Waals surface area (Å²) in [6, 6.07) is 3.43. The van der Waals surface area contributed by atoms with Crippen LogP contribution in [0, 0.1) is 26.7 Å². The number of tetrazole rings is 1. The molecule has 234 valence electrons. The number of benzene rings is 2. The lowest BCUT2D eigenvalue weighted by Gasteiger charge is -2.36. The van der Waals surface area contributed by atoms with E-state index in [0.717, 1.165) is 85.5 Å². The number of nitrogens with zero attached hydrogens (tertiary/aromatic N) is 6. The van der Waals surface area contributed by atoms with Crippen LogP contribution < -0.4 is 15.1 Å². The number of halogens is 6. The van der Waals surface area contributed by atoms with Gasteiger partial charge in [-0.2, -0.15) is 31.1 Å². The molecule has 2 aromatic carbocycles. The van der Waals surface area contributed by atoms with Crippen LogP contribution in [0.2, 0.25) is 0 Å². The third kappa shape index (κ3) is 6.76. The van der Waals surface area contributed by atoms with Gasteiger partial charge in [0.05, 0.1) is 24.2 Å². The van der Waals surface area contributed by atoms with Gasteiger partial charge in [0, 0.05) is 25.3 Å². The van der Waals surface area contributed by atoms with Gasteiger partial charge >= 0.3 is 12.4 Å². The maximum absolute atomic E-state index is 13.7.